The summed E-state index contributed by atoms with van der Waals surface area (Å²) in [5.41, 5.74) is 5.54. The van der Waals surface area contributed by atoms with Gasteiger partial charge >= 0.3 is 0 Å². The number of aliphatic hydroxyl groups excluding tert-OH is 1. The molecule has 0 saturated carbocycles. The van der Waals surface area contributed by atoms with E-state index in [1.807, 2.05) is 0 Å². The lowest BCUT2D eigenvalue weighted by atomic mass is 10.1. The molecule has 1 aliphatic rings. The minimum Gasteiger partial charge on any atom is -0.491 e. The van der Waals surface area contributed by atoms with Crippen LogP contribution in [0.2, 0.25) is 0 Å². The summed E-state index contributed by atoms with van der Waals surface area (Å²) < 4.78 is 12.4. The molecule has 1 aromatic carbocycles. The van der Waals surface area contributed by atoms with E-state index in [0.29, 0.717) is 17.6 Å². The largest absolute Gasteiger partial charge is 0.491 e. The lowest BCUT2D eigenvalue weighted by Gasteiger charge is -2.18. The van der Waals surface area contributed by atoms with Crippen LogP contribution in [-0.2, 0) is 4.74 Å². The van der Waals surface area contributed by atoms with Gasteiger partial charge in [-0.2, -0.15) is 0 Å². The third-order valence-corrected chi connectivity index (χ3v) is 4.45. The fourth-order valence-electron chi connectivity index (χ4n) is 3.08. The molecule has 136 valence electrons. The molecule has 0 spiro atoms. The van der Waals surface area contributed by atoms with E-state index in [1.165, 1.54) is 19.8 Å². The number of nitrogens with one attached hydrogen (secondary N) is 1. The molecule has 0 bridgehead atoms. The van der Waals surface area contributed by atoms with Crippen LogP contribution < -0.4 is 26.6 Å². The molecule has 0 amide bonds. The standard InChI is InChI=1S/C15H16N6O5/c1-25-13-9(11(23)12(13)24)17-3-7-6(22)2-8(26-7)21-5-20-10-14(16)18-4-19-15(10)21/h4-8,17,22H,2-3H2,1H3,(H2,16,18,19)/t6-,7+,8+/m0/s1. The molecule has 1 aliphatic heterocycles. The quantitative estimate of drug-likeness (QED) is 0.471. The third kappa shape index (κ3) is 2.40. The number of fused-ring (bicyclic) bond motifs is 1. The van der Waals surface area contributed by atoms with Gasteiger partial charge in [0.25, 0.3) is 10.9 Å². The smallest absolute Gasteiger partial charge is 0.271 e. The molecule has 1 fully saturated rings. The molecule has 3 atom stereocenters. The fraction of sp³-hybridized carbons (Fsp3) is 0.400. The number of hydrogen-bond donors (Lipinski definition) is 3. The average molecular weight is 360 g/mol. The Hall–Kier alpha value is -3.05. The maximum Gasteiger partial charge on any atom is 0.271 e. The van der Waals surface area contributed by atoms with Crippen molar-refractivity contribution in [1.29, 1.82) is 0 Å². The van der Waals surface area contributed by atoms with Gasteiger partial charge in [0.2, 0.25) is 0 Å². The summed E-state index contributed by atoms with van der Waals surface area (Å²) in [6, 6.07) is 0. The predicted molar refractivity (Wildman–Crippen MR) is 90.7 cm³/mol. The van der Waals surface area contributed by atoms with Gasteiger partial charge in [0.05, 0.1) is 19.5 Å². The van der Waals surface area contributed by atoms with E-state index < -0.39 is 29.3 Å². The highest BCUT2D eigenvalue weighted by Gasteiger charge is 2.36. The van der Waals surface area contributed by atoms with Gasteiger partial charge in [-0.3, -0.25) is 14.2 Å². The number of hydrogen-bond acceptors (Lipinski definition) is 10. The Labute approximate surface area is 146 Å². The number of nitrogens with two attached hydrogens (primary N) is 1. The maximum atomic E-state index is 11.6. The molecule has 11 nitrogen and oxygen atoms in total. The Balaban J connectivity index is 1.49. The van der Waals surface area contributed by atoms with Crippen LogP contribution in [0.3, 0.4) is 0 Å². The van der Waals surface area contributed by atoms with Crippen molar-refractivity contribution in [2.24, 2.45) is 0 Å². The molecule has 1 saturated heterocycles. The summed E-state index contributed by atoms with van der Waals surface area (Å²) in [7, 11) is 1.32. The summed E-state index contributed by atoms with van der Waals surface area (Å²) in [6.07, 6.45) is 1.31. The second-order valence-corrected chi connectivity index (χ2v) is 5.96. The fourth-order valence-corrected chi connectivity index (χ4v) is 3.08. The van der Waals surface area contributed by atoms with Gasteiger partial charge in [0.15, 0.2) is 17.2 Å². The van der Waals surface area contributed by atoms with E-state index in [-0.39, 0.29) is 23.8 Å². The monoisotopic (exact) mass is 360 g/mol. The molecule has 4 N–H and O–H groups in total. The van der Waals surface area contributed by atoms with E-state index >= 15 is 0 Å². The summed E-state index contributed by atoms with van der Waals surface area (Å²) in [4.78, 5) is 35.1. The highest BCUT2D eigenvalue weighted by molar-refractivity contribution is 5.81. The molecular formula is C15H16N6O5. The van der Waals surface area contributed by atoms with Crippen molar-refractivity contribution in [2.45, 2.75) is 24.9 Å². The van der Waals surface area contributed by atoms with Crippen LogP contribution in [0.5, 0.6) is 5.75 Å². The summed E-state index contributed by atoms with van der Waals surface area (Å²) in [6.45, 7) is 0.142. The van der Waals surface area contributed by atoms with Crippen molar-refractivity contribution in [3.8, 4) is 5.75 Å². The molecule has 0 radical (unpaired) electrons. The number of ether oxygens (including phenoxy) is 2. The van der Waals surface area contributed by atoms with Gasteiger partial charge in [0.1, 0.15) is 29.9 Å². The molecule has 0 unspecified atom stereocenters. The molecule has 4 rings (SSSR count). The van der Waals surface area contributed by atoms with Crippen LogP contribution >= 0.6 is 0 Å². The van der Waals surface area contributed by atoms with Gasteiger partial charge in [-0.15, -0.1) is 0 Å². The van der Waals surface area contributed by atoms with E-state index in [1.54, 1.807) is 4.57 Å². The van der Waals surface area contributed by atoms with Crippen LogP contribution in [-0.4, -0.2) is 50.5 Å². The number of methoxy groups -OCH3 is 1. The number of nitrogens with zero attached hydrogens (tertiary/aromatic N) is 4. The number of aliphatic hydroxyl groups is 1. The lowest BCUT2D eigenvalue weighted by molar-refractivity contribution is -0.00939. The first-order chi connectivity index (χ1) is 12.5. The Morgan fingerprint density at radius 3 is 2.96 bits per heavy atom. The second kappa shape index (κ2) is 6.04. The summed E-state index contributed by atoms with van der Waals surface area (Å²) >= 11 is 0. The number of nitrogen functional groups attached to an aromatic ring is 1. The van der Waals surface area contributed by atoms with Gasteiger partial charge < -0.3 is 25.6 Å². The Kier molecular flexibility index (Phi) is 3.81. The van der Waals surface area contributed by atoms with E-state index in [0.717, 1.165) is 0 Å². The SMILES string of the molecule is COc1c(NC[C@H]2O[C@@H](n3cnc4c(N)ncnc43)C[C@@H]2O)c(=O)c1=O. The lowest BCUT2D eigenvalue weighted by Crippen LogP contribution is -2.38. The van der Waals surface area contributed by atoms with Crippen molar-refractivity contribution in [3.05, 3.63) is 33.1 Å². The van der Waals surface area contributed by atoms with Crippen molar-refractivity contribution < 1.29 is 14.6 Å². The Morgan fingerprint density at radius 1 is 1.38 bits per heavy atom. The molecule has 26 heavy (non-hydrogen) atoms. The summed E-state index contributed by atoms with van der Waals surface area (Å²) in [5.74, 6) is 0.254. The van der Waals surface area contributed by atoms with Crippen molar-refractivity contribution >= 4 is 22.7 Å². The maximum absolute atomic E-state index is 11.6. The van der Waals surface area contributed by atoms with Crippen molar-refractivity contribution in [3.63, 3.8) is 0 Å². The Morgan fingerprint density at radius 2 is 2.19 bits per heavy atom. The first kappa shape index (κ1) is 16.4. The van der Waals surface area contributed by atoms with Gasteiger partial charge in [-0.25, -0.2) is 15.0 Å². The van der Waals surface area contributed by atoms with Crippen molar-refractivity contribution in [1.82, 2.24) is 19.5 Å². The van der Waals surface area contributed by atoms with Crippen LogP contribution in [0, 0.1) is 0 Å². The Bertz CT molecular complexity index is 1040. The van der Waals surface area contributed by atoms with Crippen LogP contribution in [0.4, 0.5) is 11.5 Å². The zero-order valence-electron chi connectivity index (χ0n) is 13.7. The molecule has 11 heteroatoms. The zero-order chi connectivity index (χ0) is 18.4. The van der Waals surface area contributed by atoms with Gasteiger partial charge in [-0.1, -0.05) is 0 Å². The van der Waals surface area contributed by atoms with E-state index in [9.17, 15) is 14.7 Å². The van der Waals surface area contributed by atoms with E-state index in [2.05, 4.69) is 20.3 Å². The number of imidazole rings is 1. The predicted octanol–water partition coefficient (Wildman–Crippen LogP) is -1.23. The highest BCUT2D eigenvalue weighted by Crippen LogP contribution is 2.31. The van der Waals surface area contributed by atoms with Crippen molar-refractivity contribution in [2.75, 3.05) is 24.7 Å². The normalized spacial score (nSPS) is 22.9. The minimum absolute atomic E-state index is 0.00758. The minimum atomic E-state index is -0.776. The first-order valence-corrected chi connectivity index (χ1v) is 7.89. The first-order valence-electron chi connectivity index (χ1n) is 7.89. The molecular weight excluding hydrogens is 344 g/mol. The molecule has 0 aliphatic carbocycles. The third-order valence-electron chi connectivity index (χ3n) is 4.45. The average Bonchev–Trinajstić information content (AvgIpc) is 3.22. The number of aromatic nitrogens is 4. The molecule has 2 aromatic heterocycles. The molecule has 3 heterocycles. The number of rotatable bonds is 5. The van der Waals surface area contributed by atoms with Gasteiger partial charge in [-0.05, 0) is 0 Å². The molecule has 3 aromatic rings. The van der Waals surface area contributed by atoms with Crippen LogP contribution in [0.25, 0.3) is 11.2 Å². The van der Waals surface area contributed by atoms with Gasteiger partial charge in [0, 0.05) is 13.0 Å². The zero-order valence-corrected chi connectivity index (χ0v) is 13.7. The van der Waals surface area contributed by atoms with E-state index in [4.69, 9.17) is 15.2 Å². The number of anilines is 2. The second-order valence-electron chi connectivity index (χ2n) is 5.96. The summed E-state index contributed by atoms with van der Waals surface area (Å²) in [5, 5.41) is 13.1. The highest BCUT2D eigenvalue weighted by atomic mass is 16.5. The topological polar surface area (TPSA) is 154 Å². The van der Waals surface area contributed by atoms with Crippen LogP contribution in [0.1, 0.15) is 12.6 Å². The van der Waals surface area contributed by atoms with Crippen LogP contribution in [0.15, 0.2) is 22.2 Å².